The van der Waals surface area contributed by atoms with Gasteiger partial charge in [0.05, 0.1) is 31.0 Å². The second-order valence-corrected chi connectivity index (χ2v) is 7.59. The Morgan fingerprint density at radius 1 is 0.742 bits per heavy atom. The van der Waals surface area contributed by atoms with E-state index in [4.69, 9.17) is 23.2 Å². The molecule has 0 atom stereocenters. The summed E-state index contributed by atoms with van der Waals surface area (Å²) >= 11 is 12.1. The third-order valence-corrected chi connectivity index (χ3v) is 5.48. The highest BCUT2D eigenvalue weighted by atomic mass is 35.5. The maximum Gasteiger partial charge on any atom is 0.270 e. The molecule has 0 bridgehead atoms. The third-order valence-electron chi connectivity index (χ3n) is 4.86. The van der Waals surface area contributed by atoms with Crippen molar-refractivity contribution in [2.45, 2.75) is 6.42 Å². The van der Waals surface area contributed by atoms with E-state index < -0.39 is 9.85 Å². The number of amides is 2. The largest absolute Gasteiger partial charge is 0.337 e. The standard InChI is InChI=1S/C19H16Cl2N4O6/c20-16-10-12(24(28)29)2-4-14(16)18(26)22-6-1-7-23(9-8-22)19(27)15-5-3-13(25(30)31)11-17(15)21/h2-5,10-11H,1,6-9H2. The van der Waals surface area contributed by atoms with Crippen molar-refractivity contribution in [3.63, 3.8) is 0 Å². The van der Waals surface area contributed by atoms with Gasteiger partial charge in [0, 0.05) is 50.4 Å². The normalized spacial score (nSPS) is 14.1. The molecule has 1 fully saturated rings. The van der Waals surface area contributed by atoms with Crippen LogP contribution in [-0.4, -0.2) is 57.6 Å². The number of nitro groups is 2. The first-order chi connectivity index (χ1) is 14.7. The first-order valence-electron chi connectivity index (χ1n) is 9.15. The summed E-state index contributed by atoms with van der Waals surface area (Å²) in [6.45, 7) is 1.18. The Morgan fingerprint density at radius 3 is 1.45 bits per heavy atom. The van der Waals surface area contributed by atoms with Crippen LogP contribution in [0.5, 0.6) is 0 Å². The molecule has 162 valence electrons. The maximum atomic E-state index is 12.8. The van der Waals surface area contributed by atoms with Crippen LogP contribution in [0.2, 0.25) is 10.0 Å². The number of hydrogen-bond donors (Lipinski definition) is 0. The Labute approximate surface area is 186 Å². The molecule has 1 saturated heterocycles. The number of halogens is 2. The second-order valence-electron chi connectivity index (χ2n) is 6.78. The van der Waals surface area contributed by atoms with E-state index in [1.54, 1.807) is 0 Å². The molecule has 1 heterocycles. The van der Waals surface area contributed by atoms with Crippen LogP contribution in [0, 0.1) is 20.2 Å². The molecule has 0 aliphatic carbocycles. The zero-order valence-corrected chi connectivity index (χ0v) is 17.5. The molecular formula is C19H16Cl2N4O6. The van der Waals surface area contributed by atoms with Gasteiger partial charge in [-0.05, 0) is 18.6 Å². The Morgan fingerprint density at radius 2 is 1.13 bits per heavy atom. The Kier molecular flexibility index (Phi) is 6.71. The number of carbonyl (C=O) groups is 2. The van der Waals surface area contributed by atoms with Crippen LogP contribution >= 0.6 is 23.2 Å². The highest BCUT2D eigenvalue weighted by Crippen LogP contribution is 2.26. The van der Waals surface area contributed by atoms with Crippen molar-refractivity contribution in [3.8, 4) is 0 Å². The van der Waals surface area contributed by atoms with E-state index in [0.717, 1.165) is 12.1 Å². The predicted octanol–water partition coefficient (Wildman–Crippen LogP) is 3.80. The van der Waals surface area contributed by atoms with Gasteiger partial charge >= 0.3 is 0 Å². The molecule has 0 N–H and O–H groups in total. The highest BCUT2D eigenvalue weighted by molar-refractivity contribution is 6.34. The van der Waals surface area contributed by atoms with Crippen LogP contribution in [0.25, 0.3) is 0 Å². The number of nitrogens with zero attached hydrogens (tertiary/aromatic N) is 4. The lowest BCUT2D eigenvalue weighted by Crippen LogP contribution is -2.37. The molecule has 10 nitrogen and oxygen atoms in total. The van der Waals surface area contributed by atoms with Crippen molar-refractivity contribution in [2.24, 2.45) is 0 Å². The number of non-ortho nitro benzene ring substituents is 2. The number of hydrogen-bond acceptors (Lipinski definition) is 6. The van der Waals surface area contributed by atoms with E-state index in [0.29, 0.717) is 19.5 Å². The van der Waals surface area contributed by atoms with Gasteiger partial charge in [0.1, 0.15) is 0 Å². The van der Waals surface area contributed by atoms with Gasteiger partial charge < -0.3 is 9.80 Å². The first-order valence-corrected chi connectivity index (χ1v) is 9.91. The average molecular weight is 467 g/mol. The summed E-state index contributed by atoms with van der Waals surface area (Å²) in [7, 11) is 0. The van der Waals surface area contributed by atoms with Gasteiger partial charge in [-0.2, -0.15) is 0 Å². The molecule has 12 heteroatoms. The quantitative estimate of drug-likeness (QED) is 0.497. The monoisotopic (exact) mass is 466 g/mol. The second kappa shape index (κ2) is 9.27. The van der Waals surface area contributed by atoms with Crippen molar-refractivity contribution in [3.05, 3.63) is 77.8 Å². The predicted molar refractivity (Wildman–Crippen MR) is 113 cm³/mol. The smallest absolute Gasteiger partial charge is 0.270 e. The molecule has 1 aliphatic heterocycles. The molecule has 0 radical (unpaired) electrons. The van der Waals surface area contributed by atoms with Gasteiger partial charge in [-0.1, -0.05) is 23.2 Å². The van der Waals surface area contributed by atoms with Crippen LogP contribution in [-0.2, 0) is 0 Å². The SMILES string of the molecule is O=C(c1ccc([N+](=O)[O-])cc1Cl)N1CCCN(C(=O)c2ccc([N+](=O)[O-])cc2Cl)CC1. The van der Waals surface area contributed by atoms with Crippen molar-refractivity contribution in [1.29, 1.82) is 0 Å². The molecule has 0 saturated carbocycles. The van der Waals surface area contributed by atoms with Crippen molar-refractivity contribution < 1.29 is 19.4 Å². The van der Waals surface area contributed by atoms with Crippen LogP contribution in [0.3, 0.4) is 0 Å². The molecule has 2 aromatic carbocycles. The number of carbonyl (C=O) groups excluding carboxylic acids is 2. The molecule has 1 aliphatic rings. The fraction of sp³-hybridized carbons (Fsp3) is 0.263. The first kappa shape index (κ1) is 22.4. The van der Waals surface area contributed by atoms with Crippen molar-refractivity contribution in [1.82, 2.24) is 9.80 Å². The lowest BCUT2D eigenvalue weighted by molar-refractivity contribution is -0.385. The zero-order valence-electron chi connectivity index (χ0n) is 16.0. The van der Waals surface area contributed by atoms with Gasteiger partial charge in [-0.3, -0.25) is 29.8 Å². The van der Waals surface area contributed by atoms with Crippen LogP contribution in [0.4, 0.5) is 11.4 Å². The van der Waals surface area contributed by atoms with Gasteiger partial charge in [0.25, 0.3) is 23.2 Å². The third kappa shape index (κ3) is 4.92. The van der Waals surface area contributed by atoms with Crippen LogP contribution in [0.15, 0.2) is 36.4 Å². The molecular weight excluding hydrogens is 451 g/mol. The zero-order chi connectivity index (χ0) is 22.7. The molecule has 3 rings (SSSR count). The van der Waals surface area contributed by atoms with E-state index in [9.17, 15) is 29.8 Å². The topological polar surface area (TPSA) is 127 Å². The number of rotatable bonds is 4. The molecule has 0 spiro atoms. The van der Waals surface area contributed by atoms with Crippen LogP contribution < -0.4 is 0 Å². The molecule has 2 aromatic rings. The summed E-state index contributed by atoms with van der Waals surface area (Å²) in [5, 5.41) is 21.7. The molecule has 0 unspecified atom stereocenters. The molecule has 0 aromatic heterocycles. The highest BCUT2D eigenvalue weighted by Gasteiger charge is 2.26. The fourth-order valence-corrected chi connectivity index (χ4v) is 3.76. The minimum atomic E-state index is -0.598. The summed E-state index contributed by atoms with van der Waals surface area (Å²) in [5.74, 6) is -0.773. The summed E-state index contributed by atoms with van der Waals surface area (Å²) in [5.41, 5.74) is -0.140. The lowest BCUT2D eigenvalue weighted by atomic mass is 10.1. The van der Waals surface area contributed by atoms with Gasteiger partial charge in [-0.15, -0.1) is 0 Å². The van der Waals surface area contributed by atoms with Crippen molar-refractivity contribution in [2.75, 3.05) is 26.2 Å². The maximum absolute atomic E-state index is 12.8. The minimum absolute atomic E-state index is 0.0194. The Hall–Kier alpha value is -3.24. The van der Waals surface area contributed by atoms with Gasteiger partial charge in [-0.25, -0.2) is 0 Å². The summed E-state index contributed by atoms with van der Waals surface area (Å²) in [6, 6.07) is 7.30. The number of benzene rings is 2. The fourth-order valence-electron chi connectivity index (χ4n) is 3.25. The Balaban J connectivity index is 1.72. The van der Waals surface area contributed by atoms with E-state index >= 15 is 0 Å². The van der Waals surface area contributed by atoms with E-state index in [1.807, 2.05) is 0 Å². The summed E-state index contributed by atoms with van der Waals surface area (Å²) < 4.78 is 0. The van der Waals surface area contributed by atoms with Crippen LogP contribution in [0.1, 0.15) is 27.1 Å². The lowest BCUT2D eigenvalue weighted by Gasteiger charge is -2.23. The minimum Gasteiger partial charge on any atom is -0.337 e. The average Bonchev–Trinajstić information content (AvgIpc) is 2.98. The van der Waals surface area contributed by atoms with E-state index in [-0.39, 0.29) is 57.5 Å². The van der Waals surface area contributed by atoms with Gasteiger partial charge in [0.2, 0.25) is 0 Å². The van der Waals surface area contributed by atoms with E-state index in [1.165, 1.54) is 34.1 Å². The van der Waals surface area contributed by atoms with Gasteiger partial charge in [0.15, 0.2) is 0 Å². The Bertz CT molecular complexity index is 994. The molecule has 31 heavy (non-hydrogen) atoms. The molecule has 2 amide bonds. The summed E-state index contributed by atoms with van der Waals surface area (Å²) in [4.78, 5) is 49.2. The van der Waals surface area contributed by atoms with Crippen molar-refractivity contribution >= 4 is 46.4 Å². The van der Waals surface area contributed by atoms with E-state index in [2.05, 4.69) is 0 Å². The number of nitro benzene ring substituents is 2. The summed E-state index contributed by atoms with van der Waals surface area (Å²) in [6.07, 6.45) is 0.493.